The van der Waals surface area contributed by atoms with Crippen molar-refractivity contribution in [3.63, 3.8) is 0 Å². The zero-order valence-electron chi connectivity index (χ0n) is 8.47. The molecule has 0 aromatic carbocycles. The third-order valence-corrected chi connectivity index (χ3v) is 2.88. The summed E-state index contributed by atoms with van der Waals surface area (Å²) in [6.45, 7) is 8.05. The van der Waals surface area contributed by atoms with E-state index >= 15 is 0 Å². The van der Waals surface area contributed by atoms with Gasteiger partial charge in [-0.25, -0.2) is 0 Å². The quantitative estimate of drug-likeness (QED) is 0.590. The number of hydrogen-bond donors (Lipinski definition) is 1. The lowest BCUT2D eigenvalue weighted by atomic mass is 10.5. The standard InChI is InChI=1S/C9H15N3OS/c1-4-5-12-8(3)10-11-9(12)14-6-7(2)13/h4,7,13H,1,5-6H2,2-3H3/t7-/m0/s1. The van der Waals surface area contributed by atoms with Crippen LogP contribution in [0, 0.1) is 6.92 Å². The van der Waals surface area contributed by atoms with Gasteiger partial charge in [0.25, 0.3) is 0 Å². The second-order valence-corrected chi connectivity index (χ2v) is 4.08. The Balaban J connectivity index is 2.70. The molecule has 5 heteroatoms. The maximum Gasteiger partial charge on any atom is 0.191 e. The summed E-state index contributed by atoms with van der Waals surface area (Å²) in [5.74, 6) is 1.51. The lowest BCUT2D eigenvalue weighted by molar-refractivity contribution is 0.220. The van der Waals surface area contributed by atoms with Crippen LogP contribution in [0.5, 0.6) is 0 Å². The van der Waals surface area contributed by atoms with Crippen LogP contribution in [0.25, 0.3) is 0 Å². The van der Waals surface area contributed by atoms with E-state index in [1.807, 2.05) is 17.6 Å². The van der Waals surface area contributed by atoms with Crippen molar-refractivity contribution >= 4 is 11.8 Å². The Kier molecular flexibility index (Phi) is 4.16. The molecule has 0 saturated heterocycles. The van der Waals surface area contributed by atoms with Crippen LogP contribution < -0.4 is 0 Å². The van der Waals surface area contributed by atoms with Crippen molar-refractivity contribution in [2.24, 2.45) is 0 Å². The van der Waals surface area contributed by atoms with E-state index in [-0.39, 0.29) is 6.10 Å². The first kappa shape index (κ1) is 11.3. The number of aromatic nitrogens is 3. The summed E-state index contributed by atoms with van der Waals surface area (Å²) < 4.78 is 1.97. The predicted octanol–water partition coefficient (Wildman–Crippen LogP) is 1.25. The van der Waals surface area contributed by atoms with Crippen LogP contribution in [0.4, 0.5) is 0 Å². The third kappa shape index (κ3) is 2.85. The second kappa shape index (κ2) is 5.17. The van der Waals surface area contributed by atoms with E-state index in [2.05, 4.69) is 16.8 Å². The molecule has 4 nitrogen and oxygen atoms in total. The molecule has 0 unspecified atom stereocenters. The maximum absolute atomic E-state index is 9.14. The minimum absolute atomic E-state index is 0.325. The molecule has 78 valence electrons. The molecule has 0 aliphatic heterocycles. The Morgan fingerprint density at radius 3 is 2.93 bits per heavy atom. The highest BCUT2D eigenvalue weighted by Crippen LogP contribution is 2.17. The average Bonchev–Trinajstić information content (AvgIpc) is 2.46. The van der Waals surface area contributed by atoms with Gasteiger partial charge in [0.1, 0.15) is 5.82 Å². The van der Waals surface area contributed by atoms with Crippen LogP contribution in [0.1, 0.15) is 12.7 Å². The average molecular weight is 213 g/mol. The van der Waals surface area contributed by atoms with Gasteiger partial charge in [-0.05, 0) is 13.8 Å². The fourth-order valence-corrected chi connectivity index (χ4v) is 1.85. The summed E-state index contributed by atoms with van der Waals surface area (Å²) in [6, 6.07) is 0. The fourth-order valence-electron chi connectivity index (χ4n) is 1.00. The smallest absolute Gasteiger partial charge is 0.191 e. The van der Waals surface area contributed by atoms with Crippen molar-refractivity contribution in [3.8, 4) is 0 Å². The number of thioether (sulfide) groups is 1. The molecular formula is C9H15N3OS. The van der Waals surface area contributed by atoms with Crippen LogP contribution in [0.3, 0.4) is 0 Å². The molecule has 14 heavy (non-hydrogen) atoms. The van der Waals surface area contributed by atoms with E-state index in [0.29, 0.717) is 12.3 Å². The van der Waals surface area contributed by atoms with Gasteiger partial charge in [-0.15, -0.1) is 16.8 Å². The molecule has 0 aliphatic rings. The number of aliphatic hydroxyl groups is 1. The van der Waals surface area contributed by atoms with Crippen LogP contribution in [0.15, 0.2) is 17.8 Å². The molecule has 0 spiro atoms. The van der Waals surface area contributed by atoms with Crippen molar-refractivity contribution in [1.82, 2.24) is 14.8 Å². The highest BCUT2D eigenvalue weighted by Gasteiger charge is 2.08. The molecule has 1 atom stereocenters. The van der Waals surface area contributed by atoms with E-state index in [0.717, 1.165) is 11.0 Å². The molecule has 0 radical (unpaired) electrons. The zero-order valence-corrected chi connectivity index (χ0v) is 9.29. The van der Waals surface area contributed by atoms with Gasteiger partial charge in [-0.3, -0.25) is 0 Å². The van der Waals surface area contributed by atoms with Crippen LogP contribution >= 0.6 is 11.8 Å². The van der Waals surface area contributed by atoms with Gasteiger partial charge in [0.15, 0.2) is 5.16 Å². The van der Waals surface area contributed by atoms with Crippen LogP contribution in [0.2, 0.25) is 0 Å². The van der Waals surface area contributed by atoms with Crippen molar-refractivity contribution in [2.75, 3.05) is 5.75 Å². The van der Waals surface area contributed by atoms with E-state index in [4.69, 9.17) is 5.11 Å². The zero-order chi connectivity index (χ0) is 10.6. The molecule has 1 N–H and O–H groups in total. The minimum Gasteiger partial charge on any atom is -0.393 e. The molecule has 1 rings (SSSR count). The summed E-state index contributed by atoms with van der Waals surface area (Å²) in [5.41, 5.74) is 0. The number of hydrogen-bond acceptors (Lipinski definition) is 4. The first-order valence-corrected chi connectivity index (χ1v) is 5.45. The summed E-state index contributed by atoms with van der Waals surface area (Å²) in [6.07, 6.45) is 1.48. The molecule has 1 aromatic heterocycles. The van der Waals surface area contributed by atoms with Crippen LogP contribution in [-0.2, 0) is 6.54 Å². The molecule has 0 amide bonds. The normalized spacial score (nSPS) is 12.8. The van der Waals surface area contributed by atoms with Crippen molar-refractivity contribution in [3.05, 3.63) is 18.5 Å². The number of rotatable bonds is 5. The molecule has 1 heterocycles. The molecule has 0 bridgehead atoms. The predicted molar refractivity (Wildman–Crippen MR) is 57.4 cm³/mol. The molecular weight excluding hydrogens is 198 g/mol. The summed E-state index contributed by atoms with van der Waals surface area (Å²) in [4.78, 5) is 0. The topological polar surface area (TPSA) is 50.9 Å². The monoisotopic (exact) mass is 213 g/mol. The van der Waals surface area contributed by atoms with E-state index < -0.39 is 0 Å². The Labute approximate surface area is 88.0 Å². The number of allylic oxidation sites excluding steroid dienone is 1. The van der Waals surface area contributed by atoms with E-state index in [1.165, 1.54) is 11.8 Å². The molecule has 0 saturated carbocycles. The summed E-state index contributed by atoms with van der Waals surface area (Å²) in [7, 11) is 0. The van der Waals surface area contributed by atoms with E-state index in [9.17, 15) is 0 Å². The first-order valence-electron chi connectivity index (χ1n) is 4.46. The lowest BCUT2D eigenvalue weighted by Gasteiger charge is -2.05. The Morgan fingerprint density at radius 1 is 1.64 bits per heavy atom. The number of nitrogens with zero attached hydrogens (tertiary/aromatic N) is 3. The fraction of sp³-hybridized carbons (Fsp3) is 0.556. The summed E-state index contributed by atoms with van der Waals surface area (Å²) in [5, 5.41) is 18.0. The molecule has 1 aromatic rings. The maximum atomic E-state index is 9.14. The molecule has 0 aliphatic carbocycles. The minimum atomic E-state index is -0.325. The third-order valence-electron chi connectivity index (χ3n) is 1.67. The lowest BCUT2D eigenvalue weighted by Crippen LogP contribution is -2.05. The van der Waals surface area contributed by atoms with Gasteiger partial charge in [-0.1, -0.05) is 17.8 Å². The number of aliphatic hydroxyl groups excluding tert-OH is 1. The highest BCUT2D eigenvalue weighted by atomic mass is 32.2. The van der Waals surface area contributed by atoms with Gasteiger partial charge in [0.2, 0.25) is 0 Å². The van der Waals surface area contributed by atoms with Gasteiger partial charge in [-0.2, -0.15) is 0 Å². The van der Waals surface area contributed by atoms with Crippen molar-refractivity contribution in [2.45, 2.75) is 31.7 Å². The Morgan fingerprint density at radius 2 is 2.36 bits per heavy atom. The Hall–Kier alpha value is -0.810. The summed E-state index contributed by atoms with van der Waals surface area (Å²) >= 11 is 1.51. The van der Waals surface area contributed by atoms with E-state index in [1.54, 1.807) is 6.92 Å². The van der Waals surface area contributed by atoms with Crippen molar-refractivity contribution in [1.29, 1.82) is 0 Å². The highest BCUT2D eigenvalue weighted by molar-refractivity contribution is 7.99. The number of aryl methyl sites for hydroxylation is 1. The SMILES string of the molecule is C=CCn1c(C)nnc1SC[C@H](C)O. The van der Waals surface area contributed by atoms with Crippen molar-refractivity contribution < 1.29 is 5.11 Å². The van der Waals surface area contributed by atoms with Gasteiger partial charge >= 0.3 is 0 Å². The Bertz CT molecular complexity index is 309. The molecule has 0 fully saturated rings. The first-order chi connectivity index (χ1) is 6.65. The second-order valence-electron chi connectivity index (χ2n) is 3.09. The van der Waals surface area contributed by atoms with Gasteiger partial charge in [0.05, 0.1) is 6.10 Å². The largest absolute Gasteiger partial charge is 0.393 e. The van der Waals surface area contributed by atoms with Crippen LogP contribution in [-0.4, -0.2) is 31.7 Å². The van der Waals surface area contributed by atoms with Gasteiger partial charge in [0, 0.05) is 12.3 Å². The van der Waals surface area contributed by atoms with Gasteiger partial charge < -0.3 is 9.67 Å².